The Morgan fingerprint density at radius 1 is 0.724 bits per heavy atom. The summed E-state index contributed by atoms with van der Waals surface area (Å²) in [5.41, 5.74) is 5.99. The average molecular weight is 384 g/mol. The van der Waals surface area contributed by atoms with Crippen molar-refractivity contribution < 1.29 is 4.79 Å². The molecule has 1 saturated heterocycles. The van der Waals surface area contributed by atoms with Crippen LogP contribution in [0.2, 0.25) is 0 Å². The van der Waals surface area contributed by atoms with Crippen molar-refractivity contribution in [2.75, 3.05) is 36.0 Å². The molecule has 2 aliphatic heterocycles. The van der Waals surface area contributed by atoms with Crippen LogP contribution in [0.3, 0.4) is 0 Å². The molecule has 5 nitrogen and oxygen atoms in total. The van der Waals surface area contributed by atoms with Gasteiger partial charge in [-0.3, -0.25) is 9.78 Å². The lowest BCUT2D eigenvalue weighted by Crippen LogP contribution is -2.48. The van der Waals surface area contributed by atoms with Gasteiger partial charge in [-0.2, -0.15) is 0 Å². The third-order valence-electron chi connectivity index (χ3n) is 5.90. The summed E-state index contributed by atoms with van der Waals surface area (Å²) in [6.45, 7) is 5.12. The third-order valence-corrected chi connectivity index (χ3v) is 5.90. The first-order valence-corrected chi connectivity index (χ1v) is 10.1. The molecule has 0 bridgehead atoms. The molecule has 1 aromatic heterocycles. The molecule has 0 saturated carbocycles. The Bertz CT molecular complexity index is 970. The molecule has 0 unspecified atom stereocenters. The van der Waals surface area contributed by atoms with Crippen LogP contribution in [0, 0.1) is 0 Å². The van der Waals surface area contributed by atoms with Gasteiger partial charge in [0.15, 0.2) is 0 Å². The number of carbonyl (C=O) groups is 1. The maximum absolute atomic E-state index is 12.6. The number of hydrogen-bond acceptors (Lipinski definition) is 4. The van der Waals surface area contributed by atoms with Crippen LogP contribution in [-0.4, -0.2) is 42.0 Å². The molecule has 29 heavy (non-hydrogen) atoms. The first-order valence-electron chi connectivity index (χ1n) is 10.1. The second-order valence-electron chi connectivity index (χ2n) is 7.66. The zero-order valence-corrected chi connectivity index (χ0v) is 16.4. The zero-order chi connectivity index (χ0) is 19.6. The summed E-state index contributed by atoms with van der Waals surface area (Å²) in [5, 5.41) is 0. The van der Waals surface area contributed by atoms with E-state index in [9.17, 15) is 4.79 Å². The highest BCUT2D eigenvalue weighted by Gasteiger charge is 2.23. The van der Waals surface area contributed by atoms with Gasteiger partial charge in [-0.05, 0) is 47.5 Å². The van der Waals surface area contributed by atoms with Gasteiger partial charge in [0.1, 0.15) is 0 Å². The second kappa shape index (κ2) is 7.59. The van der Waals surface area contributed by atoms with Gasteiger partial charge >= 0.3 is 0 Å². The topological polar surface area (TPSA) is 39.7 Å². The molecule has 3 aromatic rings. The van der Waals surface area contributed by atoms with Crippen LogP contribution >= 0.6 is 0 Å². The van der Waals surface area contributed by atoms with Crippen molar-refractivity contribution in [3.05, 3.63) is 89.7 Å². The summed E-state index contributed by atoms with van der Waals surface area (Å²) in [6, 6.07) is 21.2. The minimum absolute atomic E-state index is 0.0710. The van der Waals surface area contributed by atoms with E-state index in [-0.39, 0.29) is 5.91 Å². The molecule has 2 aromatic carbocycles. The van der Waals surface area contributed by atoms with Crippen molar-refractivity contribution in [2.45, 2.75) is 13.1 Å². The van der Waals surface area contributed by atoms with Crippen molar-refractivity contribution in [3.63, 3.8) is 0 Å². The molecule has 1 amide bonds. The van der Waals surface area contributed by atoms with Crippen LogP contribution in [0.1, 0.15) is 21.5 Å². The van der Waals surface area contributed by atoms with Crippen molar-refractivity contribution in [1.82, 2.24) is 9.88 Å². The third kappa shape index (κ3) is 3.56. The molecule has 5 heteroatoms. The SMILES string of the molecule is O=C(c1cccnc1)N1CCN(c2ccc(N3Cc4ccccc4C3)cc2)CC1. The van der Waals surface area contributed by atoms with E-state index in [2.05, 4.69) is 63.3 Å². The number of fused-ring (bicyclic) bond motifs is 1. The van der Waals surface area contributed by atoms with Gasteiger partial charge in [0.25, 0.3) is 5.91 Å². The fraction of sp³-hybridized carbons (Fsp3) is 0.250. The summed E-state index contributed by atoms with van der Waals surface area (Å²) < 4.78 is 0. The number of hydrogen-bond donors (Lipinski definition) is 0. The number of rotatable bonds is 3. The van der Waals surface area contributed by atoms with Crippen LogP contribution in [-0.2, 0) is 13.1 Å². The van der Waals surface area contributed by atoms with Crippen LogP contribution < -0.4 is 9.80 Å². The molecule has 0 atom stereocenters. The number of carbonyl (C=O) groups excluding carboxylic acids is 1. The summed E-state index contributed by atoms with van der Waals surface area (Å²) in [4.78, 5) is 23.3. The van der Waals surface area contributed by atoms with E-state index in [1.165, 1.54) is 22.5 Å². The van der Waals surface area contributed by atoms with E-state index < -0.39 is 0 Å². The first-order chi connectivity index (χ1) is 14.3. The molecule has 0 spiro atoms. The fourth-order valence-electron chi connectivity index (χ4n) is 4.23. The molecule has 5 rings (SSSR count). The number of piperazine rings is 1. The number of aromatic nitrogens is 1. The van der Waals surface area contributed by atoms with Gasteiger partial charge in [-0.1, -0.05) is 24.3 Å². The lowest BCUT2D eigenvalue weighted by atomic mass is 10.1. The van der Waals surface area contributed by atoms with Gasteiger partial charge in [-0.15, -0.1) is 0 Å². The van der Waals surface area contributed by atoms with Crippen LogP contribution in [0.15, 0.2) is 73.1 Å². The maximum Gasteiger partial charge on any atom is 0.255 e. The molecule has 0 N–H and O–H groups in total. The van der Waals surface area contributed by atoms with Crippen molar-refractivity contribution in [3.8, 4) is 0 Å². The number of benzene rings is 2. The van der Waals surface area contributed by atoms with E-state index in [0.29, 0.717) is 5.56 Å². The average Bonchev–Trinajstić information content (AvgIpc) is 3.24. The highest BCUT2D eigenvalue weighted by molar-refractivity contribution is 5.94. The predicted octanol–water partition coefficient (Wildman–Crippen LogP) is 3.56. The summed E-state index contributed by atoms with van der Waals surface area (Å²) in [5.74, 6) is 0.0710. The van der Waals surface area contributed by atoms with E-state index in [0.717, 1.165) is 39.3 Å². The maximum atomic E-state index is 12.6. The number of anilines is 2. The fourth-order valence-corrected chi connectivity index (χ4v) is 4.23. The molecule has 0 radical (unpaired) electrons. The Labute approximate surface area is 171 Å². The van der Waals surface area contributed by atoms with Crippen molar-refractivity contribution >= 4 is 17.3 Å². The first kappa shape index (κ1) is 17.7. The minimum atomic E-state index is 0.0710. The molecule has 146 valence electrons. The highest BCUT2D eigenvalue weighted by Crippen LogP contribution is 2.29. The summed E-state index contributed by atoms with van der Waals surface area (Å²) in [7, 11) is 0. The Morgan fingerprint density at radius 3 is 1.93 bits per heavy atom. The van der Waals surface area contributed by atoms with Gasteiger partial charge in [0.05, 0.1) is 5.56 Å². The van der Waals surface area contributed by atoms with E-state index >= 15 is 0 Å². The molecular formula is C24H24N4O. The van der Waals surface area contributed by atoms with Gasteiger partial charge in [0, 0.05) is 63.0 Å². The number of nitrogens with zero attached hydrogens (tertiary/aromatic N) is 4. The zero-order valence-electron chi connectivity index (χ0n) is 16.4. The number of amides is 1. The van der Waals surface area contributed by atoms with E-state index in [1.54, 1.807) is 12.4 Å². The second-order valence-corrected chi connectivity index (χ2v) is 7.66. The van der Waals surface area contributed by atoms with Crippen molar-refractivity contribution in [2.24, 2.45) is 0 Å². The Hall–Kier alpha value is -3.34. The molecule has 2 aliphatic rings. The molecule has 3 heterocycles. The van der Waals surface area contributed by atoms with Crippen LogP contribution in [0.5, 0.6) is 0 Å². The smallest absolute Gasteiger partial charge is 0.255 e. The monoisotopic (exact) mass is 384 g/mol. The summed E-state index contributed by atoms with van der Waals surface area (Å²) >= 11 is 0. The minimum Gasteiger partial charge on any atom is -0.368 e. The molecular weight excluding hydrogens is 360 g/mol. The standard InChI is InChI=1S/C24H24N4O/c29-24(19-6-3-11-25-16-19)27-14-12-26(13-15-27)22-7-9-23(10-8-22)28-17-20-4-1-2-5-21(20)18-28/h1-11,16H,12-15,17-18H2. The highest BCUT2D eigenvalue weighted by atomic mass is 16.2. The summed E-state index contributed by atoms with van der Waals surface area (Å²) in [6.07, 6.45) is 3.34. The Kier molecular flexibility index (Phi) is 4.64. The van der Waals surface area contributed by atoms with Gasteiger partial charge in [-0.25, -0.2) is 0 Å². The normalized spacial score (nSPS) is 16.1. The molecule has 0 aliphatic carbocycles. The Balaban J connectivity index is 1.20. The lowest BCUT2D eigenvalue weighted by Gasteiger charge is -2.36. The molecule has 1 fully saturated rings. The van der Waals surface area contributed by atoms with E-state index in [1.807, 2.05) is 17.0 Å². The van der Waals surface area contributed by atoms with Gasteiger partial charge in [0.2, 0.25) is 0 Å². The Morgan fingerprint density at radius 2 is 1.34 bits per heavy atom. The van der Waals surface area contributed by atoms with Crippen LogP contribution in [0.25, 0.3) is 0 Å². The predicted molar refractivity (Wildman–Crippen MR) is 115 cm³/mol. The van der Waals surface area contributed by atoms with Gasteiger partial charge < -0.3 is 14.7 Å². The number of pyridine rings is 1. The van der Waals surface area contributed by atoms with Crippen molar-refractivity contribution in [1.29, 1.82) is 0 Å². The van der Waals surface area contributed by atoms with E-state index in [4.69, 9.17) is 0 Å². The van der Waals surface area contributed by atoms with Crippen LogP contribution in [0.4, 0.5) is 11.4 Å². The largest absolute Gasteiger partial charge is 0.368 e. The lowest BCUT2D eigenvalue weighted by molar-refractivity contribution is 0.0746. The quantitative estimate of drug-likeness (QED) is 0.692.